The first-order chi connectivity index (χ1) is 8.85. The maximum atomic E-state index is 4.51. The minimum Gasteiger partial charge on any atom is -0.317 e. The second-order valence-corrected chi connectivity index (χ2v) is 4.81. The normalized spacial score (nSPS) is 12.8. The van der Waals surface area contributed by atoms with Gasteiger partial charge >= 0.3 is 0 Å². The summed E-state index contributed by atoms with van der Waals surface area (Å²) in [5.74, 6) is 0. The van der Waals surface area contributed by atoms with Crippen molar-refractivity contribution in [1.29, 1.82) is 0 Å². The lowest BCUT2D eigenvalue weighted by molar-refractivity contribution is 0.484. The summed E-state index contributed by atoms with van der Waals surface area (Å²) in [5.41, 5.74) is 2.52. The Kier molecular flexibility index (Phi) is 4.71. The largest absolute Gasteiger partial charge is 0.317 e. The number of benzene rings is 1. The van der Waals surface area contributed by atoms with Gasteiger partial charge in [-0.15, -0.1) is 0 Å². The Morgan fingerprint density at radius 2 is 2.00 bits per heavy atom. The van der Waals surface area contributed by atoms with Gasteiger partial charge in [0.1, 0.15) is 0 Å². The Bertz CT molecular complexity index is 488. The minimum absolute atomic E-state index is 0.619. The maximum absolute atomic E-state index is 4.51. The monoisotopic (exact) mass is 242 g/mol. The van der Waals surface area contributed by atoms with Gasteiger partial charge in [-0.05, 0) is 37.9 Å². The van der Waals surface area contributed by atoms with E-state index >= 15 is 0 Å². The van der Waals surface area contributed by atoms with Crippen LogP contribution in [0, 0.1) is 0 Å². The van der Waals surface area contributed by atoms with E-state index in [0.29, 0.717) is 6.04 Å². The summed E-state index contributed by atoms with van der Waals surface area (Å²) in [6.07, 6.45) is 6.64. The van der Waals surface area contributed by atoms with Gasteiger partial charge in [0.05, 0.1) is 5.52 Å². The standard InChI is InChI=1S/C16H22N2/c1-3-6-15(17-2)11-10-14-8-4-7-13-9-5-12-18-16(13)14/h4-5,7-9,12,15,17H,3,6,10-11H2,1-2H3. The number of nitrogens with zero attached hydrogens (tertiary/aromatic N) is 1. The van der Waals surface area contributed by atoms with Gasteiger partial charge < -0.3 is 5.32 Å². The molecule has 1 heterocycles. The van der Waals surface area contributed by atoms with Crippen molar-refractivity contribution in [3.63, 3.8) is 0 Å². The summed E-state index contributed by atoms with van der Waals surface area (Å²) >= 11 is 0. The zero-order chi connectivity index (χ0) is 12.8. The molecule has 1 atom stereocenters. The first kappa shape index (κ1) is 13.0. The van der Waals surface area contributed by atoms with Crippen LogP contribution in [0.5, 0.6) is 0 Å². The number of aryl methyl sites for hydroxylation is 1. The highest BCUT2D eigenvalue weighted by Crippen LogP contribution is 2.18. The molecule has 96 valence electrons. The molecule has 0 spiro atoms. The molecule has 0 aliphatic carbocycles. The summed E-state index contributed by atoms with van der Waals surface area (Å²) in [7, 11) is 2.06. The molecule has 0 aliphatic heterocycles. The third-order valence-electron chi connectivity index (χ3n) is 3.52. The zero-order valence-corrected chi connectivity index (χ0v) is 11.3. The summed E-state index contributed by atoms with van der Waals surface area (Å²) in [6, 6.07) is 11.2. The van der Waals surface area contributed by atoms with E-state index in [1.54, 1.807) is 0 Å². The summed E-state index contributed by atoms with van der Waals surface area (Å²) in [5, 5.41) is 4.64. The molecule has 0 bridgehead atoms. The number of hydrogen-bond donors (Lipinski definition) is 1. The summed E-state index contributed by atoms with van der Waals surface area (Å²) < 4.78 is 0. The lowest BCUT2D eigenvalue weighted by Crippen LogP contribution is -2.25. The number of para-hydroxylation sites is 1. The predicted molar refractivity (Wildman–Crippen MR) is 77.8 cm³/mol. The van der Waals surface area contributed by atoms with Crippen molar-refractivity contribution in [2.45, 2.75) is 38.6 Å². The highest BCUT2D eigenvalue weighted by atomic mass is 14.9. The van der Waals surface area contributed by atoms with Crippen LogP contribution >= 0.6 is 0 Å². The van der Waals surface area contributed by atoms with Crippen LogP contribution in [0.25, 0.3) is 10.9 Å². The Morgan fingerprint density at radius 3 is 2.78 bits per heavy atom. The second-order valence-electron chi connectivity index (χ2n) is 4.81. The number of aromatic nitrogens is 1. The third-order valence-corrected chi connectivity index (χ3v) is 3.52. The van der Waals surface area contributed by atoms with Gasteiger partial charge in [-0.25, -0.2) is 0 Å². The number of nitrogens with one attached hydrogen (secondary N) is 1. The lowest BCUT2D eigenvalue weighted by Gasteiger charge is -2.15. The molecule has 0 aliphatic rings. The molecule has 1 unspecified atom stereocenters. The van der Waals surface area contributed by atoms with Crippen molar-refractivity contribution < 1.29 is 0 Å². The molecule has 1 aromatic carbocycles. The number of pyridine rings is 1. The molecule has 2 nitrogen and oxygen atoms in total. The van der Waals surface area contributed by atoms with E-state index < -0.39 is 0 Å². The molecule has 0 fully saturated rings. The van der Waals surface area contributed by atoms with Crippen molar-refractivity contribution in [1.82, 2.24) is 10.3 Å². The molecule has 2 heteroatoms. The topological polar surface area (TPSA) is 24.9 Å². The quantitative estimate of drug-likeness (QED) is 0.838. The maximum Gasteiger partial charge on any atom is 0.0733 e. The van der Waals surface area contributed by atoms with Crippen LogP contribution in [0.2, 0.25) is 0 Å². The molecule has 18 heavy (non-hydrogen) atoms. The molecule has 2 rings (SSSR count). The van der Waals surface area contributed by atoms with Crippen molar-refractivity contribution in [3.05, 3.63) is 42.1 Å². The van der Waals surface area contributed by atoms with Crippen LogP contribution in [0.1, 0.15) is 31.7 Å². The lowest BCUT2D eigenvalue weighted by atomic mass is 10.00. The van der Waals surface area contributed by atoms with Crippen molar-refractivity contribution in [2.75, 3.05) is 7.05 Å². The molecule has 2 aromatic rings. The van der Waals surface area contributed by atoms with E-state index in [9.17, 15) is 0 Å². The first-order valence-electron chi connectivity index (χ1n) is 6.85. The molecule has 1 N–H and O–H groups in total. The average Bonchev–Trinajstić information content (AvgIpc) is 2.43. The predicted octanol–water partition coefficient (Wildman–Crippen LogP) is 3.56. The molecule has 0 radical (unpaired) electrons. The van der Waals surface area contributed by atoms with Crippen molar-refractivity contribution in [2.24, 2.45) is 0 Å². The van der Waals surface area contributed by atoms with Gasteiger partial charge in [0.2, 0.25) is 0 Å². The van der Waals surface area contributed by atoms with E-state index in [0.717, 1.165) is 11.9 Å². The molecule has 0 amide bonds. The first-order valence-corrected chi connectivity index (χ1v) is 6.85. The Morgan fingerprint density at radius 1 is 1.17 bits per heavy atom. The SMILES string of the molecule is CCCC(CCc1cccc2cccnc12)NC. The van der Waals surface area contributed by atoms with Crippen LogP contribution in [0.3, 0.4) is 0 Å². The fourth-order valence-corrected chi connectivity index (χ4v) is 2.48. The smallest absolute Gasteiger partial charge is 0.0733 e. The minimum atomic E-state index is 0.619. The average molecular weight is 242 g/mol. The van der Waals surface area contributed by atoms with Crippen LogP contribution < -0.4 is 5.32 Å². The van der Waals surface area contributed by atoms with Gasteiger partial charge in [0.25, 0.3) is 0 Å². The molecule has 0 saturated heterocycles. The fraction of sp³-hybridized carbons (Fsp3) is 0.438. The van der Waals surface area contributed by atoms with E-state index in [4.69, 9.17) is 0 Å². The van der Waals surface area contributed by atoms with E-state index in [1.807, 2.05) is 12.3 Å². The van der Waals surface area contributed by atoms with Crippen LogP contribution in [-0.2, 0) is 6.42 Å². The molecule has 1 aromatic heterocycles. The highest BCUT2D eigenvalue weighted by Gasteiger charge is 2.07. The second kappa shape index (κ2) is 6.50. The van der Waals surface area contributed by atoms with Crippen LogP contribution in [0.4, 0.5) is 0 Å². The molecular weight excluding hydrogens is 220 g/mol. The summed E-state index contributed by atoms with van der Waals surface area (Å²) in [4.78, 5) is 4.51. The van der Waals surface area contributed by atoms with Gasteiger partial charge in [-0.3, -0.25) is 4.98 Å². The van der Waals surface area contributed by atoms with Gasteiger partial charge in [0.15, 0.2) is 0 Å². The Hall–Kier alpha value is -1.41. The van der Waals surface area contributed by atoms with Gasteiger partial charge in [-0.2, -0.15) is 0 Å². The van der Waals surface area contributed by atoms with E-state index in [2.05, 4.69) is 48.5 Å². The number of hydrogen-bond acceptors (Lipinski definition) is 2. The summed E-state index contributed by atoms with van der Waals surface area (Å²) in [6.45, 7) is 2.24. The van der Waals surface area contributed by atoms with Crippen molar-refractivity contribution >= 4 is 10.9 Å². The van der Waals surface area contributed by atoms with E-state index in [-0.39, 0.29) is 0 Å². The van der Waals surface area contributed by atoms with Gasteiger partial charge in [0, 0.05) is 17.6 Å². The van der Waals surface area contributed by atoms with Gasteiger partial charge in [-0.1, -0.05) is 37.6 Å². The van der Waals surface area contributed by atoms with Crippen molar-refractivity contribution in [3.8, 4) is 0 Å². The Balaban J connectivity index is 2.11. The van der Waals surface area contributed by atoms with E-state index in [1.165, 1.54) is 30.2 Å². The zero-order valence-electron chi connectivity index (χ0n) is 11.3. The number of rotatable bonds is 6. The third kappa shape index (κ3) is 3.08. The Labute approximate surface area is 109 Å². The molecular formula is C16H22N2. The number of fused-ring (bicyclic) bond motifs is 1. The fourth-order valence-electron chi connectivity index (χ4n) is 2.48. The highest BCUT2D eigenvalue weighted by molar-refractivity contribution is 5.81. The molecule has 0 saturated carbocycles. The van der Waals surface area contributed by atoms with Crippen LogP contribution in [-0.4, -0.2) is 18.1 Å². The van der Waals surface area contributed by atoms with Crippen LogP contribution in [0.15, 0.2) is 36.5 Å².